The van der Waals surface area contributed by atoms with Crippen LogP contribution in [0.15, 0.2) is 23.7 Å². The molecule has 35 heavy (non-hydrogen) atoms. The van der Waals surface area contributed by atoms with Crippen molar-refractivity contribution in [1.82, 2.24) is 20.4 Å². The van der Waals surface area contributed by atoms with Crippen LogP contribution in [0, 0.1) is 5.92 Å². The summed E-state index contributed by atoms with van der Waals surface area (Å²) >= 11 is 13.8. The van der Waals surface area contributed by atoms with Gasteiger partial charge in [0.15, 0.2) is 5.78 Å². The van der Waals surface area contributed by atoms with Gasteiger partial charge in [0.05, 0.1) is 6.04 Å². The molecule has 0 aliphatic carbocycles. The van der Waals surface area contributed by atoms with Crippen molar-refractivity contribution in [3.05, 3.63) is 39.3 Å². The molecule has 8 nitrogen and oxygen atoms in total. The molecule has 1 aliphatic heterocycles. The Morgan fingerprint density at radius 1 is 1.37 bits per heavy atom. The molecular formula is C24H34Cl2N6O2S. The van der Waals surface area contributed by atoms with Gasteiger partial charge in [-0.05, 0) is 56.2 Å². The molecule has 1 aromatic carbocycles. The number of rotatable bonds is 11. The summed E-state index contributed by atoms with van der Waals surface area (Å²) in [5, 5.41) is 16.3. The molecule has 1 saturated heterocycles. The number of ketones is 1. The number of aromatic nitrogens is 2. The molecule has 1 unspecified atom stereocenters. The second-order valence-electron chi connectivity index (χ2n) is 9.56. The number of hydrogen-bond acceptors (Lipinski definition) is 8. The first kappa shape index (κ1) is 27.8. The van der Waals surface area contributed by atoms with Crippen LogP contribution in [0.3, 0.4) is 0 Å². The van der Waals surface area contributed by atoms with Gasteiger partial charge in [0.2, 0.25) is 11.0 Å². The number of hydrogen-bond donors (Lipinski definition) is 3. The molecule has 1 fully saturated rings. The van der Waals surface area contributed by atoms with Crippen molar-refractivity contribution in [3.63, 3.8) is 0 Å². The third kappa shape index (κ3) is 7.13. The van der Waals surface area contributed by atoms with Crippen molar-refractivity contribution >= 4 is 51.4 Å². The van der Waals surface area contributed by atoms with Gasteiger partial charge in [0.25, 0.3) is 0 Å². The number of amides is 1. The molecule has 1 aromatic heterocycles. The number of nitrogens with one attached hydrogen (secondary N) is 2. The molecule has 3 rings (SSSR count). The van der Waals surface area contributed by atoms with Gasteiger partial charge in [-0.2, -0.15) is 0 Å². The van der Waals surface area contributed by atoms with Crippen LogP contribution in [0.2, 0.25) is 10.0 Å². The van der Waals surface area contributed by atoms with Crippen LogP contribution in [0.4, 0.5) is 5.13 Å². The molecule has 3 atom stereocenters. The molecule has 1 aliphatic rings. The third-order valence-corrected chi connectivity index (χ3v) is 7.69. The van der Waals surface area contributed by atoms with Gasteiger partial charge in [-0.3, -0.25) is 9.59 Å². The summed E-state index contributed by atoms with van der Waals surface area (Å²) in [6.45, 7) is 7.31. The molecule has 2 heterocycles. The summed E-state index contributed by atoms with van der Waals surface area (Å²) in [6.07, 6.45) is 2.35. The normalized spacial score (nSPS) is 21.2. The van der Waals surface area contributed by atoms with Crippen molar-refractivity contribution in [3.8, 4) is 0 Å². The van der Waals surface area contributed by atoms with Gasteiger partial charge in [-0.15, -0.1) is 10.2 Å². The van der Waals surface area contributed by atoms with E-state index in [4.69, 9.17) is 28.9 Å². The quantitative estimate of drug-likeness (QED) is 0.371. The van der Waals surface area contributed by atoms with E-state index in [-0.39, 0.29) is 24.2 Å². The summed E-state index contributed by atoms with van der Waals surface area (Å²) in [4.78, 5) is 28.6. The van der Waals surface area contributed by atoms with E-state index >= 15 is 0 Å². The number of nitrogens with two attached hydrogens (primary N) is 1. The SMILES string of the molecule is CC(=O)[C@]1(CCCNc2nncs2)CN[C@H](CC(C)C)CN1C(=O)C(N)Cc1ccc(Cl)cc1Cl. The van der Waals surface area contributed by atoms with Crippen molar-refractivity contribution < 1.29 is 9.59 Å². The fourth-order valence-corrected chi connectivity index (χ4v) is 5.61. The van der Waals surface area contributed by atoms with Crippen molar-refractivity contribution in [1.29, 1.82) is 0 Å². The summed E-state index contributed by atoms with van der Waals surface area (Å²) in [6, 6.07) is 4.43. The van der Waals surface area contributed by atoms with Gasteiger partial charge >= 0.3 is 0 Å². The highest BCUT2D eigenvalue weighted by atomic mass is 35.5. The second kappa shape index (κ2) is 12.5. The highest BCUT2D eigenvalue weighted by molar-refractivity contribution is 7.13. The topological polar surface area (TPSA) is 113 Å². The van der Waals surface area contributed by atoms with E-state index in [2.05, 4.69) is 34.7 Å². The van der Waals surface area contributed by atoms with Gasteiger partial charge in [-0.25, -0.2) is 0 Å². The van der Waals surface area contributed by atoms with Crippen LogP contribution in [0.25, 0.3) is 0 Å². The lowest BCUT2D eigenvalue weighted by atomic mass is 9.82. The van der Waals surface area contributed by atoms with Crippen molar-refractivity contribution in [2.45, 2.75) is 64.1 Å². The Kier molecular flexibility index (Phi) is 9.89. The van der Waals surface area contributed by atoms with Crippen LogP contribution in [-0.2, 0) is 16.0 Å². The maximum atomic E-state index is 13.8. The van der Waals surface area contributed by atoms with Gasteiger partial charge < -0.3 is 21.3 Å². The average Bonchev–Trinajstić information content (AvgIpc) is 3.32. The van der Waals surface area contributed by atoms with Gasteiger partial charge in [-0.1, -0.05) is 54.5 Å². The smallest absolute Gasteiger partial charge is 0.240 e. The van der Waals surface area contributed by atoms with Crippen LogP contribution < -0.4 is 16.4 Å². The van der Waals surface area contributed by atoms with E-state index < -0.39 is 11.6 Å². The Morgan fingerprint density at radius 3 is 2.77 bits per heavy atom. The molecule has 0 bridgehead atoms. The Balaban J connectivity index is 1.79. The van der Waals surface area contributed by atoms with E-state index in [9.17, 15) is 9.59 Å². The van der Waals surface area contributed by atoms with Crippen molar-refractivity contribution in [2.24, 2.45) is 11.7 Å². The first-order chi connectivity index (χ1) is 16.6. The molecule has 192 valence electrons. The van der Waals surface area contributed by atoms with E-state index in [0.717, 1.165) is 17.1 Å². The Bertz CT molecular complexity index is 1010. The Morgan fingerprint density at radius 2 is 2.14 bits per heavy atom. The summed E-state index contributed by atoms with van der Waals surface area (Å²) in [7, 11) is 0. The maximum absolute atomic E-state index is 13.8. The molecule has 0 saturated carbocycles. The first-order valence-corrected chi connectivity index (χ1v) is 13.5. The predicted octanol–water partition coefficient (Wildman–Crippen LogP) is 3.78. The molecule has 1 amide bonds. The number of nitrogens with zero attached hydrogens (tertiary/aromatic N) is 3. The largest absolute Gasteiger partial charge is 0.360 e. The highest BCUT2D eigenvalue weighted by Crippen LogP contribution is 2.30. The fraction of sp³-hybridized carbons (Fsp3) is 0.583. The number of halogens is 2. The molecule has 0 spiro atoms. The Hall–Kier alpha value is -1.78. The average molecular weight is 542 g/mol. The van der Waals surface area contributed by atoms with Crippen LogP contribution >= 0.6 is 34.5 Å². The minimum atomic E-state index is -0.964. The zero-order valence-electron chi connectivity index (χ0n) is 20.4. The molecule has 2 aromatic rings. The predicted molar refractivity (Wildman–Crippen MR) is 142 cm³/mol. The van der Waals surface area contributed by atoms with E-state index in [1.165, 1.54) is 11.3 Å². The lowest BCUT2D eigenvalue weighted by Gasteiger charge is -2.50. The number of piperazine rings is 1. The minimum Gasteiger partial charge on any atom is -0.360 e. The fourth-order valence-electron chi connectivity index (χ4n) is 4.65. The van der Waals surface area contributed by atoms with Gasteiger partial charge in [0, 0.05) is 35.7 Å². The van der Waals surface area contributed by atoms with Crippen molar-refractivity contribution in [2.75, 3.05) is 25.0 Å². The molecule has 4 N–H and O–H groups in total. The zero-order valence-corrected chi connectivity index (χ0v) is 22.7. The van der Waals surface area contributed by atoms with E-state index in [0.29, 0.717) is 48.4 Å². The van der Waals surface area contributed by atoms with Crippen LogP contribution in [0.1, 0.15) is 45.6 Å². The second-order valence-corrected chi connectivity index (χ2v) is 11.2. The summed E-state index contributed by atoms with van der Waals surface area (Å²) < 4.78 is 0. The minimum absolute atomic E-state index is 0.0472. The van der Waals surface area contributed by atoms with E-state index in [1.807, 2.05) is 0 Å². The monoisotopic (exact) mass is 540 g/mol. The first-order valence-electron chi connectivity index (χ1n) is 11.9. The van der Waals surface area contributed by atoms with Gasteiger partial charge in [0.1, 0.15) is 11.0 Å². The molecule has 11 heteroatoms. The van der Waals surface area contributed by atoms with E-state index in [1.54, 1.807) is 35.5 Å². The highest BCUT2D eigenvalue weighted by Gasteiger charge is 2.48. The Labute approximate surface area is 220 Å². The van der Waals surface area contributed by atoms with Crippen LogP contribution in [0.5, 0.6) is 0 Å². The zero-order chi connectivity index (χ0) is 25.6. The number of Topliss-reactive ketones (excluding diaryl/α,β-unsaturated/α-hetero) is 1. The number of carbonyl (C=O) groups excluding carboxylic acids is 2. The summed E-state index contributed by atoms with van der Waals surface area (Å²) in [5.74, 6) is 0.166. The standard InChI is InChI=1S/C24H34Cl2N6O2S/c1-15(2)9-19-12-32(22(34)21(27)10-17-5-6-18(25)11-20(17)26)24(13-29-19,16(3)33)7-4-8-28-23-31-30-14-35-23/h5-6,11,14-15,19,21,29H,4,7-10,12-13,27H2,1-3H3,(H,28,31)/t19-,21?,24+/m1/s1. The third-order valence-electron chi connectivity index (χ3n) is 6.46. The summed E-state index contributed by atoms with van der Waals surface area (Å²) in [5.41, 5.74) is 7.88. The lowest BCUT2D eigenvalue weighted by Crippen LogP contribution is -2.71. The van der Waals surface area contributed by atoms with Crippen LogP contribution in [-0.4, -0.2) is 64.0 Å². The number of carbonyl (C=O) groups is 2. The number of anilines is 1. The molecular weight excluding hydrogens is 507 g/mol. The molecule has 0 radical (unpaired) electrons. The number of benzene rings is 1. The maximum Gasteiger partial charge on any atom is 0.240 e. The lowest BCUT2D eigenvalue weighted by molar-refractivity contribution is -0.150.